The van der Waals surface area contributed by atoms with Gasteiger partial charge in [-0.15, -0.1) is 0 Å². The molecule has 0 aliphatic carbocycles. The van der Waals surface area contributed by atoms with Gasteiger partial charge in [0.2, 0.25) is 11.8 Å². The summed E-state index contributed by atoms with van der Waals surface area (Å²) in [6.07, 6.45) is 0. The van der Waals surface area contributed by atoms with Crippen LogP contribution in [0.1, 0.15) is 5.69 Å². The Kier molecular flexibility index (Phi) is 6.80. The first-order chi connectivity index (χ1) is 16.2. The van der Waals surface area contributed by atoms with Crippen LogP contribution in [0.15, 0.2) is 46.0 Å². The molecule has 10 nitrogen and oxygen atoms in total. The minimum atomic E-state index is -0.717. The highest BCUT2D eigenvalue weighted by atomic mass is 35.5. The molecule has 11 heteroatoms. The quantitative estimate of drug-likeness (QED) is 0.540. The van der Waals surface area contributed by atoms with E-state index in [1.165, 1.54) is 10.6 Å². The average molecular weight is 485 g/mol. The van der Waals surface area contributed by atoms with Gasteiger partial charge >= 0.3 is 5.69 Å². The molecule has 3 heterocycles. The normalized spacial score (nSPS) is 14.4. The Hall–Kier alpha value is -3.50. The second kappa shape index (κ2) is 9.78. The zero-order valence-corrected chi connectivity index (χ0v) is 19.7. The van der Waals surface area contributed by atoms with Gasteiger partial charge in [-0.3, -0.25) is 23.5 Å². The zero-order chi connectivity index (χ0) is 24.4. The van der Waals surface area contributed by atoms with Crippen molar-refractivity contribution in [3.63, 3.8) is 0 Å². The van der Waals surface area contributed by atoms with Crippen LogP contribution in [0.3, 0.4) is 0 Å². The van der Waals surface area contributed by atoms with Gasteiger partial charge in [0, 0.05) is 37.6 Å². The van der Waals surface area contributed by atoms with E-state index in [0.29, 0.717) is 30.0 Å². The third kappa shape index (κ3) is 5.02. The molecule has 4 rings (SSSR count). The van der Waals surface area contributed by atoms with Crippen molar-refractivity contribution in [2.45, 2.75) is 20.0 Å². The Morgan fingerprint density at radius 2 is 1.74 bits per heavy atom. The van der Waals surface area contributed by atoms with Gasteiger partial charge in [0.25, 0.3) is 5.56 Å². The van der Waals surface area contributed by atoms with E-state index in [1.54, 1.807) is 42.2 Å². The number of aryl methyl sites for hydroxylation is 1. The number of nitrogens with one attached hydrogen (secondary N) is 1. The predicted octanol–water partition coefficient (Wildman–Crippen LogP) is 0.933. The predicted molar refractivity (Wildman–Crippen MR) is 129 cm³/mol. The topological polar surface area (TPSA) is 110 Å². The van der Waals surface area contributed by atoms with E-state index < -0.39 is 17.2 Å². The smallest absolute Gasteiger partial charge is 0.332 e. The summed E-state index contributed by atoms with van der Waals surface area (Å²) in [7, 11) is 1.97. The van der Waals surface area contributed by atoms with Crippen molar-refractivity contribution in [3.8, 4) is 0 Å². The van der Waals surface area contributed by atoms with Gasteiger partial charge in [-0.25, -0.2) is 9.78 Å². The van der Waals surface area contributed by atoms with Gasteiger partial charge in [-0.05, 0) is 38.2 Å². The number of nitrogens with zero attached hydrogens (tertiary/aromatic N) is 5. The van der Waals surface area contributed by atoms with Crippen LogP contribution in [-0.2, 0) is 22.7 Å². The Morgan fingerprint density at radius 1 is 1.03 bits per heavy atom. The molecule has 3 aromatic rings. The lowest BCUT2D eigenvalue weighted by Crippen LogP contribution is -2.50. The van der Waals surface area contributed by atoms with Gasteiger partial charge < -0.3 is 15.1 Å². The summed E-state index contributed by atoms with van der Waals surface area (Å²) in [6.45, 7) is 3.52. The molecule has 34 heavy (non-hydrogen) atoms. The van der Waals surface area contributed by atoms with Crippen LogP contribution in [0.25, 0.3) is 10.9 Å². The zero-order valence-electron chi connectivity index (χ0n) is 19.0. The van der Waals surface area contributed by atoms with E-state index in [2.05, 4.69) is 15.2 Å². The molecule has 2 amide bonds. The second-order valence-electron chi connectivity index (χ2n) is 8.33. The van der Waals surface area contributed by atoms with Gasteiger partial charge in [0.05, 0.1) is 10.9 Å². The third-order valence-electron chi connectivity index (χ3n) is 5.79. The molecule has 1 fully saturated rings. The number of pyridine rings is 1. The fourth-order valence-corrected chi connectivity index (χ4v) is 4.25. The monoisotopic (exact) mass is 484 g/mol. The molecule has 1 aliphatic rings. The standard InChI is InChI=1S/C23H25ClN6O4/c1-15-11-16(12-19(24)25-15)26-20(31)13-29-18-6-4-3-5-17(18)22(33)30(23(29)34)14-21(32)28-9-7-27(2)8-10-28/h3-6,11-12H,7-10,13-14H2,1-2H3,(H,25,26,31). The molecule has 2 aromatic heterocycles. The van der Waals surface area contributed by atoms with E-state index in [4.69, 9.17) is 11.6 Å². The van der Waals surface area contributed by atoms with Crippen LogP contribution in [0.4, 0.5) is 5.69 Å². The molecular weight excluding hydrogens is 460 g/mol. The first-order valence-corrected chi connectivity index (χ1v) is 11.2. The average Bonchev–Trinajstić information content (AvgIpc) is 2.79. The van der Waals surface area contributed by atoms with Crippen molar-refractivity contribution in [1.82, 2.24) is 23.9 Å². The summed E-state index contributed by atoms with van der Waals surface area (Å²) in [6, 6.07) is 9.69. The Labute approximate surface area is 200 Å². The molecule has 1 aromatic carbocycles. The number of benzene rings is 1. The van der Waals surface area contributed by atoms with Crippen LogP contribution < -0.4 is 16.6 Å². The number of carbonyl (C=O) groups excluding carboxylic acids is 2. The first kappa shape index (κ1) is 23.7. The summed E-state index contributed by atoms with van der Waals surface area (Å²) in [5.74, 6) is -0.787. The number of aromatic nitrogens is 3. The molecule has 0 bridgehead atoms. The number of hydrogen-bond donors (Lipinski definition) is 1. The molecule has 0 atom stereocenters. The largest absolute Gasteiger partial charge is 0.339 e. The fraction of sp³-hybridized carbons (Fsp3) is 0.348. The van der Waals surface area contributed by atoms with E-state index >= 15 is 0 Å². The highest BCUT2D eigenvalue weighted by Crippen LogP contribution is 2.15. The van der Waals surface area contributed by atoms with Gasteiger partial charge in [0.15, 0.2) is 0 Å². The van der Waals surface area contributed by atoms with Crippen molar-refractivity contribution >= 4 is 40.0 Å². The van der Waals surface area contributed by atoms with Crippen molar-refractivity contribution < 1.29 is 9.59 Å². The van der Waals surface area contributed by atoms with Crippen molar-refractivity contribution in [3.05, 3.63) is 68.1 Å². The molecule has 1 saturated heterocycles. The maximum atomic E-state index is 13.3. The Balaban J connectivity index is 1.66. The van der Waals surface area contributed by atoms with Crippen molar-refractivity contribution in [2.75, 3.05) is 38.5 Å². The maximum Gasteiger partial charge on any atom is 0.332 e. The Bertz CT molecular complexity index is 1350. The number of hydrogen-bond acceptors (Lipinski definition) is 6. The van der Waals surface area contributed by atoms with Crippen LogP contribution in [-0.4, -0.2) is 69.0 Å². The third-order valence-corrected chi connectivity index (χ3v) is 5.98. The maximum absolute atomic E-state index is 13.3. The van der Waals surface area contributed by atoms with Crippen molar-refractivity contribution in [2.24, 2.45) is 0 Å². The number of carbonyl (C=O) groups is 2. The van der Waals surface area contributed by atoms with Crippen LogP contribution in [0, 0.1) is 6.92 Å². The molecule has 0 saturated carbocycles. The summed E-state index contributed by atoms with van der Waals surface area (Å²) < 4.78 is 2.11. The van der Waals surface area contributed by atoms with Crippen LogP contribution >= 0.6 is 11.6 Å². The molecule has 0 spiro atoms. The number of piperazine rings is 1. The van der Waals surface area contributed by atoms with E-state index in [-0.39, 0.29) is 29.5 Å². The molecule has 0 radical (unpaired) electrons. The lowest BCUT2D eigenvalue weighted by Gasteiger charge is -2.32. The minimum Gasteiger partial charge on any atom is -0.339 e. The van der Waals surface area contributed by atoms with Crippen LogP contribution in [0.5, 0.6) is 0 Å². The first-order valence-electron chi connectivity index (χ1n) is 10.9. The number of likely N-dealkylation sites (N-methyl/N-ethyl adjacent to an activating group) is 1. The number of amides is 2. The molecule has 1 aliphatic heterocycles. The van der Waals surface area contributed by atoms with E-state index in [0.717, 1.165) is 17.7 Å². The lowest BCUT2D eigenvalue weighted by molar-refractivity contribution is -0.133. The van der Waals surface area contributed by atoms with Crippen LogP contribution in [0.2, 0.25) is 5.15 Å². The summed E-state index contributed by atoms with van der Waals surface area (Å²) in [5, 5.41) is 3.19. The number of anilines is 1. The fourth-order valence-electron chi connectivity index (χ4n) is 4.00. The number of para-hydroxylation sites is 1. The van der Waals surface area contributed by atoms with Gasteiger partial charge in [-0.1, -0.05) is 23.7 Å². The molecule has 1 N–H and O–H groups in total. The lowest BCUT2D eigenvalue weighted by atomic mass is 10.2. The molecule has 178 valence electrons. The number of halogens is 1. The highest BCUT2D eigenvalue weighted by molar-refractivity contribution is 6.29. The minimum absolute atomic E-state index is 0.230. The SMILES string of the molecule is Cc1cc(NC(=O)Cn2c(=O)n(CC(=O)N3CCN(C)CC3)c(=O)c3ccccc32)cc(Cl)n1. The van der Waals surface area contributed by atoms with E-state index in [1.807, 2.05) is 7.05 Å². The number of rotatable bonds is 5. The van der Waals surface area contributed by atoms with Gasteiger partial charge in [0.1, 0.15) is 18.2 Å². The van der Waals surface area contributed by atoms with Crippen molar-refractivity contribution in [1.29, 1.82) is 0 Å². The van der Waals surface area contributed by atoms with Gasteiger partial charge in [-0.2, -0.15) is 0 Å². The summed E-state index contributed by atoms with van der Waals surface area (Å²) >= 11 is 5.96. The molecular formula is C23H25ClN6O4. The molecule has 0 unspecified atom stereocenters. The summed E-state index contributed by atoms with van der Waals surface area (Å²) in [4.78, 5) is 59.8. The van der Waals surface area contributed by atoms with E-state index in [9.17, 15) is 19.2 Å². The second-order valence-corrected chi connectivity index (χ2v) is 8.72. The number of fused-ring (bicyclic) bond motifs is 1. The highest BCUT2D eigenvalue weighted by Gasteiger charge is 2.22. The summed E-state index contributed by atoms with van der Waals surface area (Å²) in [5.41, 5.74) is 0.112. The Morgan fingerprint density at radius 3 is 2.44 bits per heavy atom.